The number of rotatable bonds is 4. The fourth-order valence-electron chi connectivity index (χ4n) is 2.06. The van der Waals surface area contributed by atoms with Crippen molar-refractivity contribution in [3.8, 4) is 0 Å². The Morgan fingerprint density at radius 3 is 2.50 bits per heavy atom. The molecule has 7 heteroatoms. The third kappa shape index (κ3) is 4.19. The molecule has 6 nitrogen and oxygen atoms in total. The maximum atomic E-state index is 12.2. The highest BCUT2D eigenvalue weighted by Crippen LogP contribution is 2.39. The molecule has 2 atom stereocenters. The zero-order valence-corrected chi connectivity index (χ0v) is 14.1. The molecule has 1 aromatic heterocycles. The zero-order valence-electron chi connectivity index (χ0n) is 13.3. The van der Waals surface area contributed by atoms with Gasteiger partial charge in [0.05, 0.1) is 22.4 Å². The van der Waals surface area contributed by atoms with Crippen molar-refractivity contribution in [2.45, 2.75) is 56.4 Å². The molecule has 0 radical (unpaired) electrons. The van der Waals surface area contributed by atoms with Crippen LogP contribution in [0.25, 0.3) is 0 Å². The number of alkyl carbamates (subject to hydrolysis) is 1. The Bertz CT molecular complexity index is 647. The lowest BCUT2D eigenvalue weighted by Gasteiger charge is -2.19. The molecule has 2 unspecified atom stereocenters. The molecule has 2 rings (SSSR count). The summed E-state index contributed by atoms with van der Waals surface area (Å²) in [5.74, 6) is 0.221. The van der Waals surface area contributed by atoms with E-state index in [9.17, 15) is 13.2 Å². The Labute approximate surface area is 131 Å². The minimum absolute atomic E-state index is 0.190. The van der Waals surface area contributed by atoms with Crippen molar-refractivity contribution in [1.82, 2.24) is 10.3 Å². The van der Waals surface area contributed by atoms with E-state index in [0.29, 0.717) is 12.1 Å². The van der Waals surface area contributed by atoms with Gasteiger partial charge < -0.3 is 10.1 Å². The highest BCUT2D eigenvalue weighted by Gasteiger charge is 2.44. The number of hydrogen-bond donors (Lipinski definition) is 1. The molecule has 1 aliphatic carbocycles. The molecule has 1 heterocycles. The summed E-state index contributed by atoms with van der Waals surface area (Å²) < 4.78 is 29.5. The van der Waals surface area contributed by atoms with Crippen LogP contribution in [0, 0.1) is 5.92 Å². The average Bonchev–Trinajstić information content (AvgIpc) is 3.13. The van der Waals surface area contributed by atoms with Gasteiger partial charge in [-0.1, -0.05) is 6.92 Å². The number of amides is 1. The molecule has 0 saturated heterocycles. The van der Waals surface area contributed by atoms with Gasteiger partial charge in [0.25, 0.3) is 0 Å². The molecular formula is C15H22N2O4S. The van der Waals surface area contributed by atoms with E-state index < -0.39 is 21.5 Å². The molecule has 0 bridgehead atoms. The Morgan fingerprint density at radius 1 is 1.41 bits per heavy atom. The minimum Gasteiger partial charge on any atom is -0.444 e. The number of carbonyl (C=O) groups excluding carboxylic acids is 1. The molecule has 0 aromatic carbocycles. The summed E-state index contributed by atoms with van der Waals surface area (Å²) >= 11 is 0. The first-order chi connectivity index (χ1) is 10.1. The van der Waals surface area contributed by atoms with Crippen LogP contribution in [-0.4, -0.2) is 30.3 Å². The molecule has 22 heavy (non-hydrogen) atoms. The predicted molar refractivity (Wildman–Crippen MR) is 82.1 cm³/mol. The van der Waals surface area contributed by atoms with Crippen LogP contribution >= 0.6 is 0 Å². The van der Waals surface area contributed by atoms with E-state index in [-0.39, 0.29) is 22.6 Å². The second-order valence-electron chi connectivity index (χ2n) is 6.64. The molecule has 1 N–H and O–H groups in total. The van der Waals surface area contributed by atoms with Gasteiger partial charge in [-0.25, -0.2) is 13.2 Å². The zero-order chi connectivity index (χ0) is 16.5. The van der Waals surface area contributed by atoms with E-state index in [2.05, 4.69) is 10.3 Å². The monoisotopic (exact) mass is 326 g/mol. The van der Waals surface area contributed by atoms with E-state index in [1.807, 2.05) is 6.92 Å². The second-order valence-corrected chi connectivity index (χ2v) is 8.80. The summed E-state index contributed by atoms with van der Waals surface area (Å²) in [7, 11) is -3.26. The second kappa shape index (κ2) is 5.87. The van der Waals surface area contributed by atoms with Crippen LogP contribution in [0.4, 0.5) is 4.79 Å². The first-order valence-corrected chi connectivity index (χ1v) is 8.80. The van der Waals surface area contributed by atoms with Crippen LogP contribution in [0.3, 0.4) is 0 Å². The number of nitrogens with one attached hydrogen (secondary N) is 1. The smallest absolute Gasteiger partial charge is 0.407 e. The first-order valence-electron chi connectivity index (χ1n) is 7.25. The third-order valence-electron chi connectivity index (χ3n) is 3.37. The van der Waals surface area contributed by atoms with Crippen LogP contribution in [0.2, 0.25) is 0 Å². The van der Waals surface area contributed by atoms with Gasteiger partial charge in [0.1, 0.15) is 5.60 Å². The van der Waals surface area contributed by atoms with Crippen molar-refractivity contribution >= 4 is 15.9 Å². The molecule has 1 fully saturated rings. The lowest BCUT2D eigenvalue weighted by molar-refractivity contribution is 0.0523. The van der Waals surface area contributed by atoms with Crippen LogP contribution in [-0.2, 0) is 21.1 Å². The lowest BCUT2D eigenvalue weighted by Crippen LogP contribution is -2.32. The largest absolute Gasteiger partial charge is 0.444 e. The van der Waals surface area contributed by atoms with Crippen molar-refractivity contribution in [1.29, 1.82) is 0 Å². The highest BCUT2D eigenvalue weighted by atomic mass is 32.2. The predicted octanol–water partition coefficient (Wildman–Crippen LogP) is 2.29. The van der Waals surface area contributed by atoms with Crippen molar-refractivity contribution in [2.24, 2.45) is 5.92 Å². The highest BCUT2D eigenvalue weighted by molar-refractivity contribution is 7.92. The van der Waals surface area contributed by atoms with E-state index in [0.717, 1.165) is 0 Å². The average molecular weight is 326 g/mol. The van der Waals surface area contributed by atoms with Crippen LogP contribution in [0.1, 0.15) is 39.8 Å². The fraction of sp³-hybridized carbons (Fsp3) is 0.600. The molecule has 1 saturated carbocycles. The number of pyridine rings is 1. The van der Waals surface area contributed by atoms with Gasteiger partial charge in [-0.3, -0.25) is 4.98 Å². The van der Waals surface area contributed by atoms with Crippen molar-refractivity contribution in [3.63, 3.8) is 0 Å². The Hall–Kier alpha value is -1.63. The van der Waals surface area contributed by atoms with Gasteiger partial charge in [0, 0.05) is 6.20 Å². The lowest BCUT2D eigenvalue weighted by atomic mass is 10.2. The molecule has 1 aromatic rings. The van der Waals surface area contributed by atoms with Gasteiger partial charge in [0.2, 0.25) is 0 Å². The summed E-state index contributed by atoms with van der Waals surface area (Å²) in [6.45, 7) is 7.46. The Kier molecular flexibility index (Phi) is 4.47. The fourth-order valence-corrected chi connectivity index (χ4v) is 4.03. The molecule has 0 aliphatic heterocycles. The van der Waals surface area contributed by atoms with Gasteiger partial charge in [-0.2, -0.15) is 0 Å². The van der Waals surface area contributed by atoms with E-state index in [4.69, 9.17) is 4.74 Å². The van der Waals surface area contributed by atoms with Crippen LogP contribution < -0.4 is 5.32 Å². The van der Waals surface area contributed by atoms with Gasteiger partial charge in [-0.15, -0.1) is 0 Å². The number of ether oxygens (including phenoxy) is 1. The minimum atomic E-state index is -3.26. The Morgan fingerprint density at radius 2 is 2.05 bits per heavy atom. The number of hydrogen-bond acceptors (Lipinski definition) is 5. The van der Waals surface area contributed by atoms with E-state index in [1.54, 1.807) is 32.9 Å². The van der Waals surface area contributed by atoms with Gasteiger partial charge >= 0.3 is 6.09 Å². The maximum Gasteiger partial charge on any atom is 0.407 e. The topological polar surface area (TPSA) is 85.4 Å². The number of carbonyl (C=O) groups is 1. The quantitative estimate of drug-likeness (QED) is 0.917. The van der Waals surface area contributed by atoms with Gasteiger partial charge in [0.15, 0.2) is 9.84 Å². The summed E-state index contributed by atoms with van der Waals surface area (Å²) in [5.41, 5.74) is 0.0183. The van der Waals surface area contributed by atoms with Crippen molar-refractivity contribution in [3.05, 3.63) is 24.0 Å². The summed E-state index contributed by atoms with van der Waals surface area (Å²) in [6.07, 6.45) is 1.54. The van der Waals surface area contributed by atoms with E-state index >= 15 is 0 Å². The number of aromatic nitrogens is 1. The van der Waals surface area contributed by atoms with Crippen LogP contribution in [0.5, 0.6) is 0 Å². The summed E-state index contributed by atoms with van der Waals surface area (Å²) in [6, 6.07) is 3.15. The van der Waals surface area contributed by atoms with Gasteiger partial charge in [-0.05, 0) is 45.2 Å². The van der Waals surface area contributed by atoms with Crippen molar-refractivity contribution in [2.75, 3.05) is 0 Å². The number of nitrogens with zero attached hydrogens (tertiary/aromatic N) is 1. The van der Waals surface area contributed by atoms with Crippen LogP contribution in [0.15, 0.2) is 23.2 Å². The van der Waals surface area contributed by atoms with E-state index in [1.165, 1.54) is 6.20 Å². The third-order valence-corrected chi connectivity index (χ3v) is 5.73. The molecule has 1 aliphatic rings. The summed E-state index contributed by atoms with van der Waals surface area (Å²) in [5, 5.41) is 2.31. The normalized spacial score (nSPS) is 21.3. The molecule has 1 amide bonds. The molecular weight excluding hydrogens is 304 g/mol. The Balaban J connectivity index is 1.94. The molecule has 0 spiro atoms. The molecule has 122 valence electrons. The maximum absolute atomic E-state index is 12.2. The first kappa shape index (κ1) is 16.7. The SMILES string of the molecule is CC1CC1S(=O)(=O)c1ccc(CNC(=O)OC(C)(C)C)nc1. The standard InChI is InChI=1S/C15H22N2O4S/c1-10-7-13(10)22(19,20)12-6-5-11(16-9-12)8-17-14(18)21-15(2,3)4/h5-6,9-10,13H,7-8H2,1-4H3,(H,17,18). The summed E-state index contributed by atoms with van der Waals surface area (Å²) in [4.78, 5) is 15.9. The van der Waals surface area contributed by atoms with Crippen molar-refractivity contribution < 1.29 is 17.9 Å². The number of sulfone groups is 1.